The van der Waals surface area contributed by atoms with Gasteiger partial charge < -0.3 is 16.4 Å². The molecule has 0 fully saturated rings. The highest BCUT2D eigenvalue weighted by Gasteiger charge is 2.09. The third kappa shape index (κ3) is 1.03. The standard InChI is InChI=1S/C9H9N3O/c10-7-3-4-8(11)9-6(7)2-1-5-12(9)13/h1-5,10,13H,11H2. The molecule has 0 amide bonds. The molecular weight excluding hydrogens is 166 g/mol. The zero-order valence-corrected chi connectivity index (χ0v) is 6.86. The maximum Gasteiger partial charge on any atom is 0.111 e. The van der Waals surface area contributed by atoms with E-state index in [2.05, 4.69) is 0 Å². The van der Waals surface area contributed by atoms with Gasteiger partial charge in [-0.3, -0.25) is 0 Å². The fraction of sp³-hybridized carbons (Fsp3) is 0. The molecule has 0 radical (unpaired) electrons. The van der Waals surface area contributed by atoms with Crippen molar-refractivity contribution in [3.05, 3.63) is 35.8 Å². The molecule has 0 aromatic heterocycles. The fourth-order valence-corrected chi connectivity index (χ4v) is 1.34. The summed E-state index contributed by atoms with van der Waals surface area (Å²) in [6.45, 7) is 0. The van der Waals surface area contributed by atoms with E-state index in [9.17, 15) is 5.21 Å². The van der Waals surface area contributed by atoms with Gasteiger partial charge in [0.25, 0.3) is 0 Å². The molecule has 1 aliphatic heterocycles. The monoisotopic (exact) mass is 175 g/mol. The Morgan fingerprint density at radius 3 is 2.77 bits per heavy atom. The van der Waals surface area contributed by atoms with Crippen molar-refractivity contribution in [1.29, 1.82) is 5.41 Å². The summed E-state index contributed by atoms with van der Waals surface area (Å²) >= 11 is 0. The van der Waals surface area contributed by atoms with Crippen LogP contribution >= 0.6 is 0 Å². The molecule has 2 rings (SSSR count). The van der Waals surface area contributed by atoms with Crippen molar-refractivity contribution in [3.8, 4) is 11.3 Å². The van der Waals surface area contributed by atoms with Gasteiger partial charge in [0.05, 0.1) is 11.0 Å². The van der Waals surface area contributed by atoms with Gasteiger partial charge in [0, 0.05) is 11.8 Å². The van der Waals surface area contributed by atoms with Gasteiger partial charge >= 0.3 is 0 Å². The maximum absolute atomic E-state index is 9.43. The van der Waals surface area contributed by atoms with E-state index in [1.54, 1.807) is 24.3 Å². The van der Waals surface area contributed by atoms with Gasteiger partial charge in [0.15, 0.2) is 0 Å². The number of fused-ring (bicyclic) bond motifs is 1. The SMILES string of the molecule is N=c1ccc(N)c2n(O)cccc1-2. The summed E-state index contributed by atoms with van der Waals surface area (Å²) in [7, 11) is 0. The molecule has 66 valence electrons. The van der Waals surface area contributed by atoms with Crippen LogP contribution in [0.15, 0.2) is 30.5 Å². The lowest BCUT2D eigenvalue weighted by Gasteiger charge is -2.11. The lowest BCUT2D eigenvalue weighted by molar-refractivity contribution is 0.189. The molecule has 0 aromatic rings. The van der Waals surface area contributed by atoms with Gasteiger partial charge in [-0.1, -0.05) is 0 Å². The highest BCUT2D eigenvalue weighted by molar-refractivity contribution is 5.73. The lowest BCUT2D eigenvalue weighted by Crippen LogP contribution is -2.12. The number of anilines is 1. The number of pyridine rings is 1. The first-order valence-corrected chi connectivity index (χ1v) is 3.84. The van der Waals surface area contributed by atoms with Crippen LogP contribution in [0.25, 0.3) is 11.3 Å². The molecule has 0 saturated carbocycles. The molecule has 4 N–H and O–H groups in total. The third-order valence-electron chi connectivity index (χ3n) is 1.97. The Kier molecular flexibility index (Phi) is 1.48. The maximum atomic E-state index is 9.43. The summed E-state index contributed by atoms with van der Waals surface area (Å²) in [6.07, 6.45) is 1.48. The number of nitrogen functional groups attached to an aromatic ring is 1. The summed E-state index contributed by atoms with van der Waals surface area (Å²) in [6, 6.07) is 6.63. The number of nitrogens with two attached hydrogens (primary N) is 1. The molecule has 0 unspecified atom stereocenters. The van der Waals surface area contributed by atoms with Gasteiger partial charge in [-0.15, -0.1) is 0 Å². The smallest absolute Gasteiger partial charge is 0.111 e. The van der Waals surface area contributed by atoms with Crippen LogP contribution in [-0.4, -0.2) is 9.94 Å². The normalized spacial score (nSPS) is 10.5. The molecule has 1 aliphatic carbocycles. The number of benzene rings is 1. The Hall–Kier alpha value is -1.97. The van der Waals surface area contributed by atoms with Crippen LogP contribution in [-0.2, 0) is 0 Å². The average molecular weight is 175 g/mol. The molecule has 4 nitrogen and oxygen atoms in total. The Morgan fingerprint density at radius 2 is 2.08 bits per heavy atom. The van der Waals surface area contributed by atoms with E-state index >= 15 is 0 Å². The average Bonchev–Trinajstić information content (AvgIpc) is 2.12. The highest BCUT2D eigenvalue weighted by Crippen LogP contribution is 2.22. The van der Waals surface area contributed by atoms with Gasteiger partial charge in [-0.05, 0) is 24.3 Å². The van der Waals surface area contributed by atoms with Crippen molar-refractivity contribution in [1.82, 2.24) is 4.73 Å². The number of aromatic nitrogens is 1. The first-order chi connectivity index (χ1) is 6.20. The Morgan fingerprint density at radius 1 is 1.31 bits per heavy atom. The second kappa shape index (κ2) is 2.52. The molecule has 0 aromatic carbocycles. The quantitative estimate of drug-likeness (QED) is 0.411. The van der Waals surface area contributed by atoms with E-state index in [1.165, 1.54) is 6.20 Å². The van der Waals surface area contributed by atoms with Crippen LogP contribution < -0.4 is 11.1 Å². The predicted molar refractivity (Wildman–Crippen MR) is 48.5 cm³/mol. The van der Waals surface area contributed by atoms with E-state index in [1.807, 2.05) is 0 Å². The van der Waals surface area contributed by atoms with Crippen molar-refractivity contribution in [2.75, 3.05) is 5.73 Å². The number of hydrogen-bond acceptors (Lipinski definition) is 3. The second-order valence-electron chi connectivity index (χ2n) is 2.82. The molecule has 0 spiro atoms. The van der Waals surface area contributed by atoms with Crippen molar-refractivity contribution >= 4 is 5.69 Å². The molecule has 1 heterocycles. The van der Waals surface area contributed by atoms with Crippen molar-refractivity contribution in [3.63, 3.8) is 0 Å². The highest BCUT2D eigenvalue weighted by atomic mass is 16.5. The first-order valence-electron chi connectivity index (χ1n) is 3.84. The van der Waals surface area contributed by atoms with Gasteiger partial charge in [-0.25, -0.2) is 0 Å². The van der Waals surface area contributed by atoms with E-state index in [-0.39, 0.29) is 0 Å². The summed E-state index contributed by atoms with van der Waals surface area (Å²) in [5, 5.41) is 17.4. The van der Waals surface area contributed by atoms with Crippen molar-refractivity contribution < 1.29 is 5.21 Å². The number of nitrogens with one attached hydrogen (secondary N) is 1. The predicted octanol–water partition coefficient (Wildman–Crippen LogP) is 0.892. The Bertz CT molecular complexity index is 475. The molecule has 0 saturated heterocycles. The van der Waals surface area contributed by atoms with Crippen molar-refractivity contribution in [2.45, 2.75) is 0 Å². The molecule has 4 heteroatoms. The summed E-state index contributed by atoms with van der Waals surface area (Å²) < 4.78 is 0.933. The minimum atomic E-state index is 0.354. The first kappa shape index (κ1) is 7.67. The zero-order valence-electron chi connectivity index (χ0n) is 6.86. The summed E-state index contributed by atoms with van der Waals surface area (Å²) in [5.74, 6) is 0. The zero-order chi connectivity index (χ0) is 9.42. The minimum Gasteiger partial charge on any atom is -0.428 e. The summed E-state index contributed by atoms with van der Waals surface area (Å²) in [4.78, 5) is 0. The molecule has 0 atom stereocenters. The molecule has 0 bridgehead atoms. The van der Waals surface area contributed by atoms with Crippen LogP contribution in [0, 0.1) is 5.41 Å². The number of hydrogen-bond donors (Lipinski definition) is 3. The van der Waals surface area contributed by atoms with Crippen molar-refractivity contribution in [2.24, 2.45) is 0 Å². The minimum absolute atomic E-state index is 0.354. The molecule has 2 aliphatic rings. The van der Waals surface area contributed by atoms with Crippen LogP contribution in [0.2, 0.25) is 0 Å². The van der Waals surface area contributed by atoms with Crippen LogP contribution in [0.4, 0.5) is 5.69 Å². The summed E-state index contributed by atoms with van der Waals surface area (Å²) in [5.41, 5.74) is 7.25. The van der Waals surface area contributed by atoms with Gasteiger partial charge in [0.2, 0.25) is 0 Å². The van der Waals surface area contributed by atoms with Gasteiger partial charge in [-0.2, -0.15) is 4.73 Å². The van der Waals surface area contributed by atoms with E-state index < -0.39 is 0 Å². The van der Waals surface area contributed by atoms with E-state index in [0.29, 0.717) is 22.3 Å². The largest absolute Gasteiger partial charge is 0.428 e. The lowest BCUT2D eigenvalue weighted by atomic mass is 10.1. The van der Waals surface area contributed by atoms with Crippen LogP contribution in [0.3, 0.4) is 0 Å². The topological polar surface area (TPSA) is 75.0 Å². The van der Waals surface area contributed by atoms with E-state index in [0.717, 1.165) is 4.73 Å². The Balaban J connectivity index is 2.96. The molecular formula is C9H9N3O. The third-order valence-corrected chi connectivity index (χ3v) is 1.97. The van der Waals surface area contributed by atoms with E-state index in [4.69, 9.17) is 11.1 Å². The second-order valence-corrected chi connectivity index (χ2v) is 2.82. The van der Waals surface area contributed by atoms with Crippen LogP contribution in [0.5, 0.6) is 0 Å². The van der Waals surface area contributed by atoms with Crippen LogP contribution in [0.1, 0.15) is 0 Å². The fourth-order valence-electron chi connectivity index (χ4n) is 1.34. The Labute approximate surface area is 74.7 Å². The number of nitrogens with zero attached hydrogens (tertiary/aromatic N) is 1. The van der Waals surface area contributed by atoms with Gasteiger partial charge in [0.1, 0.15) is 5.69 Å². The molecule has 13 heavy (non-hydrogen) atoms. The number of rotatable bonds is 0.